The SMILES string of the molecule is CC(C)(C)[C@H](CC=O)C[N+](=O)[O-]. The molecule has 0 aromatic carbocycles. The van der Waals surface area contributed by atoms with E-state index < -0.39 is 0 Å². The van der Waals surface area contributed by atoms with Gasteiger partial charge in [-0.15, -0.1) is 0 Å². The van der Waals surface area contributed by atoms with Gasteiger partial charge in [0.05, 0.1) is 0 Å². The molecule has 0 aliphatic carbocycles. The van der Waals surface area contributed by atoms with Gasteiger partial charge in [0.25, 0.3) is 0 Å². The van der Waals surface area contributed by atoms with Crippen molar-refractivity contribution >= 4 is 6.29 Å². The maximum absolute atomic E-state index is 10.2. The lowest BCUT2D eigenvalue weighted by atomic mass is 9.79. The van der Waals surface area contributed by atoms with E-state index in [1.165, 1.54) is 0 Å². The Balaban J connectivity index is 4.22. The molecule has 0 saturated heterocycles. The Morgan fingerprint density at radius 2 is 2.00 bits per heavy atom. The minimum Gasteiger partial charge on any atom is -0.303 e. The smallest absolute Gasteiger partial charge is 0.207 e. The monoisotopic (exact) mass is 173 g/mol. The molecule has 0 amide bonds. The van der Waals surface area contributed by atoms with Crippen molar-refractivity contribution in [3.8, 4) is 0 Å². The highest BCUT2D eigenvalue weighted by Gasteiger charge is 2.28. The lowest BCUT2D eigenvalue weighted by Gasteiger charge is -2.25. The van der Waals surface area contributed by atoms with Crippen molar-refractivity contribution in [1.29, 1.82) is 0 Å². The van der Waals surface area contributed by atoms with Gasteiger partial charge in [0.1, 0.15) is 6.29 Å². The molecule has 0 bridgehead atoms. The van der Waals surface area contributed by atoms with E-state index in [1.54, 1.807) is 0 Å². The van der Waals surface area contributed by atoms with Crippen LogP contribution in [0.3, 0.4) is 0 Å². The second-order valence-electron chi connectivity index (χ2n) is 3.98. The van der Waals surface area contributed by atoms with E-state index in [-0.39, 0.29) is 29.2 Å². The molecular weight excluding hydrogens is 158 g/mol. The van der Waals surface area contributed by atoms with Crippen LogP contribution in [0.1, 0.15) is 27.2 Å². The lowest BCUT2D eigenvalue weighted by molar-refractivity contribution is -0.491. The van der Waals surface area contributed by atoms with Crippen LogP contribution < -0.4 is 0 Å². The summed E-state index contributed by atoms with van der Waals surface area (Å²) in [4.78, 5) is 20.1. The van der Waals surface area contributed by atoms with E-state index in [4.69, 9.17) is 0 Å². The molecule has 0 aliphatic rings. The summed E-state index contributed by atoms with van der Waals surface area (Å²) in [6.45, 7) is 5.60. The van der Waals surface area contributed by atoms with Gasteiger partial charge in [0.15, 0.2) is 0 Å². The number of nitro groups is 1. The molecule has 0 radical (unpaired) electrons. The first-order valence-electron chi connectivity index (χ1n) is 3.93. The van der Waals surface area contributed by atoms with Crippen molar-refractivity contribution in [2.24, 2.45) is 11.3 Å². The molecule has 12 heavy (non-hydrogen) atoms. The van der Waals surface area contributed by atoms with Gasteiger partial charge in [0.2, 0.25) is 6.54 Å². The molecule has 70 valence electrons. The summed E-state index contributed by atoms with van der Waals surface area (Å²) >= 11 is 0. The summed E-state index contributed by atoms with van der Waals surface area (Å²) in [5, 5.41) is 10.2. The lowest BCUT2D eigenvalue weighted by Crippen LogP contribution is -2.27. The highest BCUT2D eigenvalue weighted by molar-refractivity contribution is 5.49. The van der Waals surface area contributed by atoms with Crippen LogP contribution in [0.4, 0.5) is 0 Å². The zero-order valence-electron chi connectivity index (χ0n) is 7.74. The predicted octanol–water partition coefficient (Wildman–Crippen LogP) is 1.51. The Bertz CT molecular complexity index is 172. The highest BCUT2D eigenvalue weighted by Crippen LogP contribution is 2.27. The van der Waals surface area contributed by atoms with Gasteiger partial charge < -0.3 is 4.79 Å². The molecule has 4 heteroatoms. The van der Waals surface area contributed by atoms with Crippen molar-refractivity contribution in [1.82, 2.24) is 0 Å². The zero-order valence-corrected chi connectivity index (χ0v) is 7.74. The third-order valence-electron chi connectivity index (χ3n) is 1.97. The molecule has 0 N–H and O–H groups in total. The molecule has 0 saturated carbocycles. The Labute approximate surface area is 72.1 Å². The van der Waals surface area contributed by atoms with E-state index in [0.29, 0.717) is 0 Å². The van der Waals surface area contributed by atoms with Crippen LogP contribution in [0.5, 0.6) is 0 Å². The fraction of sp³-hybridized carbons (Fsp3) is 0.875. The van der Waals surface area contributed by atoms with Crippen molar-refractivity contribution in [2.45, 2.75) is 27.2 Å². The molecule has 0 aliphatic heterocycles. The predicted molar refractivity (Wildman–Crippen MR) is 45.5 cm³/mol. The topological polar surface area (TPSA) is 60.2 Å². The first-order valence-corrected chi connectivity index (χ1v) is 3.93. The third-order valence-corrected chi connectivity index (χ3v) is 1.97. The highest BCUT2D eigenvalue weighted by atomic mass is 16.6. The Morgan fingerprint density at radius 1 is 1.50 bits per heavy atom. The molecular formula is C8H15NO3. The average Bonchev–Trinajstić information content (AvgIpc) is 1.83. The van der Waals surface area contributed by atoms with E-state index in [0.717, 1.165) is 6.29 Å². The third kappa shape index (κ3) is 4.05. The van der Waals surface area contributed by atoms with Crippen molar-refractivity contribution in [3.05, 3.63) is 10.1 Å². The Morgan fingerprint density at radius 3 is 2.25 bits per heavy atom. The molecule has 1 atom stereocenters. The average molecular weight is 173 g/mol. The molecule has 0 rings (SSSR count). The molecule has 0 heterocycles. The van der Waals surface area contributed by atoms with Crippen LogP contribution >= 0.6 is 0 Å². The second-order valence-corrected chi connectivity index (χ2v) is 3.98. The Hall–Kier alpha value is -0.930. The maximum atomic E-state index is 10.2. The molecule has 0 unspecified atom stereocenters. The number of rotatable bonds is 4. The number of hydrogen-bond acceptors (Lipinski definition) is 3. The van der Waals surface area contributed by atoms with E-state index >= 15 is 0 Å². The van der Waals surface area contributed by atoms with Gasteiger partial charge >= 0.3 is 0 Å². The first-order chi connectivity index (χ1) is 5.38. The molecule has 4 nitrogen and oxygen atoms in total. The van der Waals surface area contributed by atoms with Gasteiger partial charge in [-0.3, -0.25) is 10.1 Å². The van der Waals surface area contributed by atoms with Crippen LogP contribution in [0.15, 0.2) is 0 Å². The quantitative estimate of drug-likeness (QED) is 0.368. The summed E-state index contributed by atoms with van der Waals surface area (Å²) in [6.07, 6.45) is 1.02. The molecule has 0 aromatic heterocycles. The van der Waals surface area contributed by atoms with Gasteiger partial charge in [-0.25, -0.2) is 0 Å². The fourth-order valence-corrected chi connectivity index (χ4v) is 0.998. The molecule has 0 aromatic rings. The van der Waals surface area contributed by atoms with Crippen LogP contribution in [0, 0.1) is 21.4 Å². The number of hydrogen-bond donors (Lipinski definition) is 0. The van der Waals surface area contributed by atoms with Crippen molar-refractivity contribution in [3.63, 3.8) is 0 Å². The minimum absolute atomic E-state index is 0.123. The minimum atomic E-state index is -0.362. The summed E-state index contributed by atoms with van der Waals surface area (Å²) < 4.78 is 0. The summed E-state index contributed by atoms with van der Waals surface area (Å²) in [7, 11) is 0. The number of carbonyl (C=O) groups excluding carboxylic acids is 1. The summed E-state index contributed by atoms with van der Waals surface area (Å²) in [6, 6.07) is 0. The normalized spacial score (nSPS) is 13.9. The summed E-state index contributed by atoms with van der Waals surface area (Å²) in [5.74, 6) is -0.162. The van der Waals surface area contributed by atoms with Gasteiger partial charge in [-0.1, -0.05) is 20.8 Å². The molecule has 0 fully saturated rings. The van der Waals surface area contributed by atoms with Gasteiger partial charge in [0, 0.05) is 17.3 Å². The number of nitrogens with zero attached hydrogens (tertiary/aromatic N) is 1. The molecule has 0 spiro atoms. The van der Waals surface area contributed by atoms with E-state index in [9.17, 15) is 14.9 Å². The van der Waals surface area contributed by atoms with Crippen LogP contribution in [0.25, 0.3) is 0 Å². The van der Waals surface area contributed by atoms with Gasteiger partial charge in [-0.05, 0) is 5.41 Å². The number of aldehydes is 1. The maximum Gasteiger partial charge on any atom is 0.207 e. The second kappa shape index (κ2) is 4.18. The standard InChI is InChI=1S/C8H15NO3/c1-8(2,3)7(4-5-10)6-9(11)12/h5,7H,4,6H2,1-3H3/t7-/m1/s1. The zero-order chi connectivity index (χ0) is 9.78. The summed E-state index contributed by atoms with van der Waals surface area (Å²) in [5.41, 5.74) is -0.173. The largest absolute Gasteiger partial charge is 0.303 e. The van der Waals surface area contributed by atoms with Crippen molar-refractivity contribution in [2.75, 3.05) is 6.54 Å². The van der Waals surface area contributed by atoms with Gasteiger partial charge in [-0.2, -0.15) is 0 Å². The fourth-order valence-electron chi connectivity index (χ4n) is 0.998. The number of carbonyl (C=O) groups is 1. The van der Waals surface area contributed by atoms with E-state index in [2.05, 4.69) is 0 Å². The van der Waals surface area contributed by atoms with E-state index in [1.807, 2.05) is 20.8 Å². The van der Waals surface area contributed by atoms with Crippen LogP contribution in [-0.4, -0.2) is 17.8 Å². The van der Waals surface area contributed by atoms with Crippen molar-refractivity contribution < 1.29 is 9.72 Å². The Kier molecular flexibility index (Phi) is 3.86. The first kappa shape index (κ1) is 11.1. The van der Waals surface area contributed by atoms with Crippen LogP contribution in [0.2, 0.25) is 0 Å². The van der Waals surface area contributed by atoms with Crippen LogP contribution in [-0.2, 0) is 4.79 Å².